The van der Waals surface area contributed by atoms with Gasteiger partial charge >= 0.3 is 0 Å². The fourth-order valence-electron chi connectivity index (χ4n) is 2.75. The highest BCUT2D eigenvalue weighted by Gasteiger charge is 2.24. The average Bonchev–Trinajstić information content (AvgIpc) is 3.03. The topological polar surface area (TPSA) is 33.2 Å². The normalized spacial score (nSPS) is 16.3. The van der Waals surface area contributed by atoms with Gasteiger partial charge in [0.15, 0.2) is 5.01 Å². The van der Waals surface area contributed by atoms with Gasteiger partial charge in [0.25, 0.3) is 5.91 Å². The van der Waals surface area contributed by atoms with Crippen LogP contribution in [0, 0.1) is 5.92 Å². The van der Waals surface area contributed by atoms with Crippen LogP contribution in [0.3, 0.4) is 0 Å². The highest BCUT2D eigenvalue weighted by atomic mass is 32.1. The Kier molecular flexibility index (Phi) is 4.11. The maximum Gasteiger partial charge on any atom is 0.282 e. The zero-order chi connectivity index (χ0) is 13.8. The predicted molar refractivity (Wildman–Crippen MR) is 80.9 cm³/mol. The van der Waals surface area contributed by atoms with E-state index < -0.39 is 0 Å². The monoisotopic (exact) mass is 286 g/mol. The smallest absolute Gasteiger partial charge is 0.282 e. The molecule has 0 unspecified atom stereocenters. The van der Waals surface area contributed by atoms with Gasteiger partial charge in [0.05, 0.1) is 0 Å². The molecule has 0 radical (unpaired) electrons. The number of benzene rings is 1. The molecule has 1 saturated heterocycles. The fraction of sp³-hybridized carbons (Fsp3) is 0.375. The lowest BCUT2D eigenvalue weighted by Crippen LogP contribution is -2.38. The molecule has 0 aliphatic carbocycles. The Morgan fingerprint density at radius 2 is 2.00 bits per heavy atom. The molecule has 1 aromatic carbocycles. The Labute approximate surface area is 123 Å². The minimum Gasteiger partial charge on any atom is -0.337 e. The summed E-state index contributed by atoms with van der Waals surface area (Å²) >= 11 is 1.43. The predicted octanol–water partition coefficient (Wildman–Crippen LogP) is 3.24. The van der Waals surface area contributed by atoms with Gasteiger partial charge in [-0.2, -0.15) is 0 Å². The molecule has 2 aromatic rings. The molecule has 20 heavy (non-hydrogen) atoms. The lowest BCUT2D eigenvalue weighted by molar-refractivity contribution is 0.0690. The summed E-state index contributed by atoms with van der Waals surface area (Å²) in [7, 11) is 0. The number of hydrogen-bond acceptors (Lipinski definition) is 3. The molecule has 1 fully saturated rings. The minimum absolute atomic E-state index is 0.0955. The van der Waals surface area contributed by atoms with Gasteiger partial charge in [-0.25, -0.2) is 4.98 Å². The summed E-state index contributed by atoms with van der Waals surface area (Å²) in [6.45, 7) is 1.71. The Morgan fingerprint density at radius 3 is 2.65 bits per heavy atom. The molecule has 1 aliphatic rings. The molecular weight excluding hydrogens is 268 g/mol. The largest absolute Gasteiger partial charge is 0.337 e. The third-order valence-corrected chi connectivity index (χ3v) is 4.65. The number of likely N-dealkylation sites (tertiary alicyclic amines) is 1. The number of amides is 1. The summed E-state index contributed by atoms with van der Waals surface area (Å²) in [6.07, 6.45) is 5.00. The maximum atomic E-state index is 12.2. The van der Waals surface area contributed by atoms with Crippen LogP contribution in [0.1, 0.15) is 28.2 Å². The lowest BCUT2D eigenvalue weighted by Gasteiger charge is -2.31. The van der Waals surface area contributed by atoms with Crippen LogP contribution in [0.2, 0.25) is 0 Å². The van der Waals surface area contributed by atoms with Gasteiger partial charge in [-0.3, -0.25) is 4.79 Å². The summed E-state index contributed by atoms with van der Waals surface area (Å²) in [5.74, 6) is 0.788. The zero-order valence-corrected chi connectivity index (χ0v) is 12.2. The van der Waals surface area contributed by atoms with Crippen molar-refractivity contribution in [1.82, 2.24) is 9.88 Å². The standard InChI is InChI=1S/C16H18N2OS/c19-16(15-17-8-11-20-15)18-9-6-14(7-10-18)12-13-4-2-1-3-5-13/h1-5,8,11,14H,6-7,9-10,12H2. The molecule has 1 aromatic heterocycles. The number of thiazole rings is 1. The lowest BCUT2D eigenvalue weighted by atomic mass is 9.90. The molecule has 3 nitrogen and oxygen atoms in total. The summed E-state index contributed by atoms with van der Waals surface area (Å²) in [6, 6.07) is 10.6. The number of hydrogen-bond donors (Lipinski definition) is 0. The Morgan fingerprint density at radius 1 is 1.25 bits per heavy atom. The second kappa shape index (κ2) is 6.18. The van der Waals surface area contributed by atoms with E-state index in [-0.39, 0.29) is 5.91 Å². The number of carbonyl (C=O) groups excluding carboxylic acids is 1. The Balaban J connectivity index is 1.53. The number of rotatable bonds is 3. The van der Waals surface area contributed by atoms with E-state index in [4.69, 9.17) is 0 Å². The molecule has 104 valence electrons. The van der Waals surface area contributed by atoms with Crippen molar-refractivity contribution in [2.45, 2.75) is 19.3 Å². The summed E-state index contributed by atoms with van der Waals surface area (Å²) in [5, 5.41) is 2.47. The van der Waals surface area contributed by atoms with Gasteiger partial charge in [-0.1, -0.05) is 30.3 Å². The first-order chi connectivity index (χ1) is 9.83. The second-order valence-corrected chi connectivity index (χ2v) is 6.16. The minimum atomic E-state index is 0.0955. The van der Waals surface area contributed by atoms with E-state index in [1.807, 2.05) is 10.3 Å². The van der Waals surface area contributed by atoms with Crippen LogP contribution in [-0.4, -0.2) is 28.9 Å². The molecule has 0 spiro atoms. The van der Waals surface area contributed by atoms with E-state index in [1.54, 1.807) is 6.20 Å². The maximum absolute atomic E-state index is 12.2. The first-order valence-corrected chi connectivity index (χ1v) is 7.93. The third-order valence-electron chi connectivity index (χ3n) is 3.88. The van der Waals surface area contributed by atoms with Crippen LogP contribution in [0.15, 0.2) is 41.9 Å². The van der Waals surface area contributed by atoms with Crippen molar-refractivity contribution < 1.29 is 4.79 Å². The van der Waals surface area contributed by atoms with Crippen molar-refractivity contribution in [3.63, 3.8) is 0 Å². The van der Waals surface area contributed by atoms with Crippen molar-refractivity contribution in [1.29, 1.82) is 0 Å². The highest BCUT2D eigenvalue weighted by molar-refractivity contribution is 7.11. The number of carbonyl (C=O) groups is 1. The van der Waals surface area contributed by atoms with Gasteiger partial charge < -0.3 is 4.90 Å². The second-order valence-electron chi connectivity index (χ2n) is 5.26. The number of piperidine rings is 1. The molecule has 1 aliphatic heterocycles. The van der Waals surface area contributed by atoms with E-state index in [0.29, 0.717) is 10.9 Å². The SMILES string of the molecule is O=C(c1nccs1)N1CCC(Cc2ccccc2)CC1. The van der Waals surface area contributed by atoms with Gasteiger partial charge in [0, 0.05) is 24.7 Å². The van der Waals surface area contributed by atoms with Crippen molar-refractivity contribution in [2.75, 3.05) is 13.1 Å². The quantitative estimate of drug-likeness (QED) is 0.868. The first kappa shape index (κ1) is 13.3. The average molecular weight is 286 g/mol. The Bertz CT molecular complexity index is 545. The summed E-state index contributed by atoms with van der Waals surface area (Å²) < 4.78 is 0. The van der Waals surface area contributed by atoms with E-state index in [1.165, 1.54) is 16.9 Å². The van der Waals surface area contributed by atoms with E-state index in [2.05, 4.69) is 35.3 Å². The molecule has 4 heteroatoms. The van der Waals surface area contributed by atoms with Crippen LogP contribution >= 0.6 is 11.3 Å². The molecule has 2 heterocycles. The van der Waals surface area contributed by atoms with Crippen LogP contribution < -0.4 is 0 Å². The van der Waals surface area contributed by atoms with E-state index in [0.717, 1.165) is 32.4 Å². The molecule has 0 atom stereocenters. The molecule has 0 N–H and O–H groups in total. The van der Waals surface area contributed by atoms with E-state index in [9.17, 15) is 4.79 Å². The third kappa shape index (κ3) is 3.07. The van der Waals surface area contributed by atoms with Crippen molar-refractivity contribution >= 4 is 17.2 Å². The van der Waals surface area contributed by atoms with Crippen LogP contribution in [0.4, 0.5) is 0 Å². The van der Waals surface area contributed by atoms with Gasteiger partial charge in [-0.05, 0) is 30.7 Å². The van der Waals surface area contributed by atoms with Gasteiger partial charge in [-0.15, -0.1) is 11.3 Å². The zero-order valence-electron chi connectivity index (χ0n) is 11.4. The highest BCUT2D eigenvalue weighted by Crippen LogP contribution is 2.23. The number of nitrogens with zero attached hydrogens (tertiary/aromatic N) is 2. The van der Waals surface area contributed by atoms with E-state index >= 15 is 0 Å². The van der Waals surface area contributed by atoms with Crippen LogP contribution in [0.25, 0.3) is 0 Å². The van der Waals surface area contributed by atoms with Crippen molar-refractivity contribution in [3.05, 3.63) is 52.5 Å². The first-order valence-electron chi connectivity index (χ1n) is 7.05. The number of aromatic nitrogens is 1. The van der Waals surface area contributed by atoms with Crippen LogP contribution in [0.5, 0.6) is 0 Å². The van der Waals surface area contributed by atoms with Crippen molar-refractivity contribution in [2.24, 2.45) is 5.92 Å². The molecule has 1 amide bonds. The Hall–Kier alpha value is -1.68. The summed E-state index contributed by atoms with van der Waals surface area (Å²) in [5.41, 5.74) is 1.40. The van der Waals surface area contributed by atoms with Crippen molar-refractivity contribution in [3.8, 4) is 0 Å². The summed E-state index contributed by atoms with van der Waals surface area (Å²) in [4.78, 5) is 18.2. The van der Waals surface area contributed by atoms with Gasteiger partial charge in [0.1, 0.15) is 0 Å². The molecule has 0 bridgehead atoms. The molecular formula is C16H18N2OS. The van der Waals surface area contributed by atoms with Crippen LogP contribution in [-0.2, 0) is 6.42 Å². The van der Waals surface area contributed by atoms with Gasteiger partial charge in [0.2, 0.25) is 0 Å². The molecule has 0 saturated carbocycles. The molecule has 3 rings (SSSR count). The fourth-order valence-corrected chi connectivity index (χ4v) is 3.35.